The van der Waals surface area contributed by atoms with Crippen molar-refractivity contribution in [3.05, 3.63) is 0 Å². The molecule has 2 saturated heterocycles. The van der Waals surface area contributed by atoms with Crippen LogP contribution in [0.25, 0.3) is 0 Å². The van der Waals surface area contributed by atoms with Crippen molar-refractivity contribution in [3.8, 4) is 0 Å². The first-order valence-corrected chi connectivity index (χ1v) is 10.8. The molecule has 9 atom stereocenters. The number of ketones is 1. The average Bonchev–Trinajstić information content (AvgIpc) is 3.45. The predicted octanol–water partition coefficient (Wildman–Crippen LogP) is 0.733. The van der Waals surface area contributed by atoms with E-state index in [1.165, 1.54) is 13.8 Å². The van der Waals surface area contributed by atoms with Crippen LogP contribution in [0, 0.1) is 16.7 Å². The smallest absolute Gasteiger partial charge is 0.303 e. The summed E-state index contributed by atoms with van der Waals surface area (Å²) < 4.78 is 17.4. The van der Waals surface area contributed by atoms with Crippen molar-refractivity contribution in [1.29, 1.82) is 0 Å². The zero-order valence-corrected chi connectivity index (χ0v) is 18.6. The molecule has 0 aromatic rings. The van der Waals surface area contributed by atoms with E-state index in [0.717, 1.165) is 0 Å². The Kier molecular flexibility index (Phi) is 4.62. The van der Waals surface area contributed by atoms with Crippen LogP contribution < -0.4 is 0 Å². The van der Waals surface area contributed by atoms with Crippen molar-refractivity contribution >= 4 is 11.8 Å². The highest BCUT2D eigenvalue weighted by Crippen LogP contribution is 2.67. The number of rotatable bonds is 2. The van der Waals surface area contributed by atoms with E-state index in [9.17, 15) is 24.9 Å². The van der Waals surface area contributed by atoms with Gasteiger partial charge in [-0.1, -0.05) is 20.8 Å². The molecular formula is C22H34O8. The first-order valence-electron chi connectivity index (χ1n) is 10.8. The van der Waals surface area contributed by atoms with Crippen molar-refractivity contribution in [3.63, 3.8) is 0 Å². The van der Waals surface area contributed by atoms with E-state index < -0.39 is 63.6 Å². The molecule has 3 N–H and O–H groups in total. The topological polar surface area (TPSA) is 126 Å². The van der Waals surface area contributed by atoms with E-state index in [1.54, 1.807) is 13.8 Å². The largest absolute Gasteiger partial charge is 0.457 e. The number of carbonyl (C=O) groups excluding carboxylic acids is 2. The third-order valence-corrected chi connectivity index (χ3v) is 8.60. The average molecular weight is 427 g/mol. The number of esters is 1. The van der Waals surface area contributed by atoms with Crippen LogP contribution in [0.15, 0.2) is 0 Å². The van der Waals surface area contributed by atoms with E-state index in [2.05, 4.69) is 0 Å². The summed E-state index contributed by atoms with van der Waals surface area (Å²) >= 11 is 0. The number of hydrogen-bond donors (Lipinski definition) is 3. The maximum absolute atomic E-state index is 13.7. The Hall–Kier alpha value is -1.06. The van der Waals surface area contributed by atoms with Crippen LogP contribution in [0.4, 0.5) is 0 Å². The maximum Gasteiger partial charge on any atom is 0.303 e. The van der Waals surface area contributed by atoms with Crippen molar-refractivity contribution in [1.82, 2.24) is 0 Å². The molecule has 8 nitrogen and oxygen atoms in total. The van der Waals surface area contributed by atoms with Gasteiger partial charge in [-0.15, -0.1) is 0 Å². The maximum atomic E-state index is 13.7. The first kappa shape index (κ1) is 22.1. The van der Waals surface area contributed by atoms with Gasteiger partial charge in [0.15, 0.2) is 17.5 Å². The third-order valence-electron chi connectivity index (χ3n) is 8.60. The standard InChI is InChI=1S/C22H34O8/c1-11(23)29-17-15(26)16-18(2,3)8-7-12(24)20(16,5)22(27)13(25)9-19(4,14-10-28-14)30-21(17,22)6/h12,14-17,24,26-27H,7-10H2,1-6H3/t12-,14?,15?,16-,17?,19+,20?,21+,22-/m0/s1. The highest BCUT2D eigenvalue weighted by Gasteiger charge is 2.82. The summed E-state index contributed by atoms with van der Waals surface area (Å²) in [5.74, 6) is -1.83. The van der Waals surface area contributed by atoms with Gasteiger partial charge in [0.25, 0.3) is 0 Å². The molecule has 0 aromatic heterocycles. The summed E-state index contributed by atoms with van der Waals surface area (Å²) in [6, 6.07) is 0. The van der Waals surface area contributed by atoms with E-state index in [0.29, 0.717) is 19.4 Å². The lowest BCUT2D eigenvalue weighted by molar-refractivity contribution is -0.376. The highest BCUT2D eigenvalue weighted by atomic mass is 16.6. The highest BCUT2D eigenvalue weighted by molar-refractivity contribution is 5.92. The molecular weight excluding hydrogens is 392 g/mol. The second kappa shape index (κ2) is 6.25. The SMILES string of the molecule is CC(=O)OC1C(O)[C@H]2C(C)(C)CC[C@H](O)C2(C)[C@@]2(O)C(=O)C[C@](C)(C3CO3)O[C@]12C. The molecule has 4 fully saturated rings. The molecule has 4 aliphatic rings. The minimum absolute atomic E-state index is 0.0951. The fourth-order valence-corrected chi connectivity index (χ4v) is 7.13. The van der Waals surface area contributed by atoms with Crippen LogP contribution >= 0.6 is 0 Å². The van der Waals surface area contributed by atoms with Crippen molar-refractivity contribution in [2.75, 3.05) is 6.61 Å². The second-order valence-corrected chi connectivity index (χ2v) is 11.0. The van der Waals surface area contributed by atoms with Crippen molar-refractivity contribution in [2.45, 2.75) is 102 Å². The molecule has 30 heavy (non-hydrogen) atoms. The lowest BCUT2D eigenvalue weighted by Gasteiger charge is -2.71. The third kappa shape index (κ3) is 2.51. The molecule has 2 aliphatic heterocycles. The van der Waals surface area contributed by atoms with Gasteiger partial charge in [0, 0.05) is 24.7 Å². The van der Waals surface area contributed by atoms with Gasteiger partial charge in [-0.2, -0.15) is 0 Å². The number of carbonyl (C=O) groups is 2. The van der Waals surface area contributed by atoms with Gasteiger partial charge in [-0.25, -0.2) is 0 Å². The Bertz CT molecular complexity index is 777. The van der Waals surface area contributed by atoms with Gasteiger partial charge in [-0.3, -0.25) is 9.59 Å². The van der Waals surface area contributed by atoms with Gasteiger partial charge >= 0.3 is 5.97 Å². The Morgan fingerprint density at radius 3 is 2.30 bits per heavy atom. The lowest BCUT2D eigenvalue weighted by atomic mass is 9.39. The molecule has 4 rings (SSSR count). The number of epoxide rings is 1. The van der Waals surface area contributed by atoms with Gasteiger partial charge in [0.05, 0.1) is 18.8 Å². The zero-order valence-electron chi connectivity index (χ0n) is 18.6. The number of aliphatic hydroxyl groups excluding tert-OH is 2. The van der Waals surface area contributed by atoms with Crippen molar-refractivity contribution < 1.29 is 39.1 Å². The lowest BCUT2D eigenvalue weighted by Crippen LogP contribution is -2.87. The van der Waals surface area contributed by atoms with Crippen LogP contribution in [0.5, 0.6) is 0 Å². The molecule has 2 aliphatic carbocycles. The van der Waals surface area contributed by atoms with Gasteiger partial charge in [0.2, 0.25) is 0 Å². The number of hydrogen-bond acceptors (Lipinski definition) is 8. The molecule has 0 amide bonds. The number of aliphatic hydroxyl groups is 3. The van der Waals surface area contributed by atoms with E-state index >= 15 is 0 Å². The molecule has 170 valence electrons. The van der Waals surface area contributed by atoms with Gasteiger partial charge in [-0.05, 0) is 32.1 Å². The minimum Gasteiger partial charge on any atom is -0.457 e. The van der Waals surface area contributed by atoms with Crippen LogP contribution in [-0.2, 0) is 23.8 Å². The summed E-state index contributed by atoms with van der Waals surface area (Å²) in [5, 5.41) is 34.9. The molecule has 4 unspecified atom stereocenters. The number of fused-ring (bicyclic) bond motifs is 3. The molecule has 2 heterocycles. The van der Waals surface area contributed by atoms with Crippen LogP contribution in [0.3, 0.4) is 0 Å². The molecule has 0 bridgehead atoms. The molecule has 0 spiro atoms. The van der Waals surface area contributed by atoms with E-state index in [-0.39, 0.29) is 12.5 Å². The summed E-state index contributed by atoms with van der Waals surface area (Å²) in [6.45, 7) is 10.4. The molecule has 8 heteroatoms. The predicted molar refractivity (Wildman–Crippen MR) is 104 cm³/mol. The van der Waals surface area contributed by atoms with E-state index in [1.807, 2.05) is 13.8 Å². The number of ether oxygens (including phenoxy) is 3. The van der Waals surface area contributed by atoms with E-state index in [4.69, 9.17) is 14.2 Å². The Balaban J connectivity index is 1.95. The molecule has 0 radical (unpaired) electrons. The quantitative estimate of drug-likeness (QED) is 0.436. The summed E-state index contributed by atoms with van der Waals surface area (Å²) in [7, 11) is 0. The molecule has 0 aromatic carbocycles. The Labute approximate surface area is 176 Å². The monoisotopic (exact) mass is 426 g/mol. The Morgan fingerprint density at radius 1 is 1.17 bits per heavy atom. The fourth-order valence-electron chi connectivity index (χ4n) is 7.13. The van der Waals surface area contributed by atoms with Crippen LogP contribution in [-0.4, -0.2) is 74.9 Å². The van der Waals surface area contributed by atoms with Gasteiger partial charge in [0.1, 0.15) is 17.3 Å². The number of Topliss-reactive ketones (excluding diaryl/α,β-unsaturated/α-hetero) is 1. The minimum atomic E-state index is -2.17. The van der Waals surface area contributed by atoms with Crippen molar-refractivity contribution in [2.24, 2.45) is 16.7 Å². The fraction of sp³-hybridized carbons (Fsp3) is 0.909. The van der Waals surface area contributed by atoms with Crippen LogP contribution in [0.2, 0.25) is 0 Å². The van der Waals surface area contributed by atoms with Gasteiger partial charge < -0.3 is 29.5 Å². The first-order chi connectivity index (χ1) is 13.6. The summed E-state index contributed by atoms with van der Waals surface area (Å²) in [4.78, 5) is 25.7. The summed E-state index contributed by atoms with van der Waals surface area (Å²) in [5.41, 5.74) is -6.90. The normalized spacial score (nSPS) is 54.7. The second-order valence-electron chi connectivity index (χ2n) is 11.0. The Morgan fingerprint density at radius 2 is 1.77 bits per heavy atom. The zero-order chi connectivity index (χ0) is 22.5. The molecule has 2 saturated carbocycles. The summed E-state index contributed by atoms with van der Waals surface area (Å²) in [6.07, 6.45) is -3.03. The van der Waals surface area contributed by atoms with Crippen LogP contribution in [0.1, 0.15) is 60.8 Å².